The summed E-state index contributed by atoms with van der Waals surface area (Å²) >= 11 is 0. The molecule has 27 heavy (non-hydrogen) atoms. The second-order valence-electron chi connectivity index (χ2n) is 7.31. The van der Waals surface area contributed by atoms with Gasteiger partial charge in [-0.05, 0) is 55.9 Å². The first-order valence-corrected chi connectivity index (χ1v) is 9.47. The van der Waals surface area contributed by atoms with Crippen LogP contribution in [0.15, 0.2) is 24.3 Å². The van der Waals surface area contributed by atoms with Gasteiger partial charge in [-0.15, -0.1) is 0 Å². The second kappa shape index (κ2) is 7.27. The first-order chi connectivity index (χ1) is 13.0. The van der Waals surface area contributed by atoms with Gasteiger partial charge in [0.25, 0.3) is 5.91 Å². The number of Topliss-reactive ketones (excluding diaryl/α,β-unsaturated/α-hetero) is 1. The zero-order valence-electron chi connectivity index (χ0n) is 15.3. The maximum absolute atomic E-state index is 13.3. The van der Waals surface area contributed by atoms with Crippen molar-refractivity contribution in [2.75, 3.05) is 6.61 Å². The average Bonchev–Trinajstić information content (AvgIpc) is 3.29. The Bertz CT molecular complexity index is 866. The lowest BCUT2D eigenvalue weighted by Gasteiger charge is -2.24. The van der Waals surface area contributed by atoms with Crippen molar-refractivity contribution >= 4 is 11.7 Å². The molecule has 2 aromatic rings. The minimum absolute atomic E-state index is 0.0956. The second-order valence-corrected chi connectivity index (χ2v) is 7.31. The number of aromatic amines is 1. The van der Waals surface area contributed by atoms with Gasteiger partial charge >= 0.3 is 0 Å². The van der Waals surface area contributed by atoms with Crippen LogP contribution in [0.25, 0.3) is 0 Å². The fourth-order valence-electron chi connectivity index (χ4n) is 4.14. The van der Waals surface area contributed by atoms with Gasteiger partial charge in [0.15, 0.2) is 5.78 Å². The number of rotatable bonds is 4. The first kappa shape index (κ1) is 17.9. The summed E-state index contributed by atoms with van der Waals surface area (Å²) < 4.78 is 19.1. The SMILES string of the molecule is Cc1c(C(=O)N[C@@H](c2ccc(F)cc2)[C@H]2CCCO2)[nH]c2c1C(=O)CCC2. The normalized spacial score (nSPS) is 20.4. The zero-order chi connectivity index (χ0) is 19.0. The number of H-pyrrole nitrogens is 1. The van der Waals surface area contributed by atoms with E-state index in [0.717, 1.165) is 36.9 Å². The summed E-state index contributed by atoms with van der Waals surface area (Å²) in [6.07, 6.45) is 3.74. The van der Waals surface area contributed by atoms with Crippen molar-refractivity contribution in [1.82, 2.24) is 10.3 Å². The van der Waals surface area contributed by atoms with Gasteiger partial charge < -0.3 is 15.0 Å². The van der Waals surface area contributed by atoms with E-state index in [1.807, 2.05) is 6.92 Å². The Morgan fingerprint density at radius 2 is 2.04 bits per heavy atom. The number of ketones is 1. The number of aryl methyl sites for hydroxylation is 1. The van der Waals surface area contributed by atoms with Crippen molar-refractivity contribution in [3.05, 3.63) is 58.2 Å². The van der Waals surface area contributed by atoms with Crippen molar-refractivity contribution in [2.45, 2.75) is 51.2 Å². The molecule has 5 nitrogen and oxygen atoms in total. The maximum Gasteiger partial charge on any atom is 0.268 e. The van der Waals surface area contributed by atoms with E-state index in [1.54, 1.807) is 12.1 Å². The highest BCUT2D eigenvalue weighted by molar-refractivity contribution is 6.04. The Hall–Kier alpha value is -2.47. The highest BCUT2D eigenvalue weighted by Gasteiger charge is 2.31. The van der Waals surface area contributed by atoms with Crippen LogP contribution < -0.4 is 5.32 Å². The molecular weight excluding hydrogens is 347 g/mol. The van der Waals surface area contributed by atoms with Crippen LogP contribution in [-0.2, 0) is 11.2 Å². The lowest BCUT2D eigenvalue weighted by Crippen LogP contribution is -2.36. The number of halogens is 1. The molecule has 1 aromatic carbocycles. The largest absolute Gasteiger partial charge is 0.376 e. The Morgan fingerprint density at radius 3 is 2.70 bits per heavy atom. The monoisotopic (exact) mass is 370 g/mol. The molecule has 6 heteroatoms. The summed E-state index contributed by atoms with van der Waals surface area (Å²) in [6, 6.07) is 5.77. The van der Waals surface area contributed by atoms with Gasteiger partial charge in [0, 0.05) is 24.3 Å². The molecule has 2 aliphatic rings. The number of amides is 1. The molecule has 1 aromatic heterocycles. The third-order valence-electron chi connectivity index (χ3n) is 5.52. The Balaban J connectivity index is 1.62. The fourth-order valence-corrected chi connectivity index (χ4v) is 4.14. The van der Waals surface area contributed by atoms with Crippen molar-refractivity contribution in [3.8, 4) is 0 Å². The first-order valence-electron chi connectivity index (χ1n) is 9.47. The summed E-state index contributed by atoms with van der Waals surface area (Å²) in [7, 11) is 0. The molecule has 0 unspecified atom stereocenters. The summed E-state index contributed by atoms with van der Waals surface area (Å²) in [5.41, 5.74) is 3.46. The standard InChI is InChI=1S/C21H23FN2O3/c1-12-18-15(4-2-5-16(18)25)23-19(12)21(26)24-20(17-6-3-11-27-17)13-7-9-14(22)10-8-13/h7-10,17,20,23H,2-6,11H2,1H3,(H,24,26)/t17-,20+/m1/s1. The van der Waals surface area contributed by atoms with E-state index in [-0.39, 0.29) is 29.7 Å². The number of carbonyl (C=O) groups excluding carboxylic acids is 2. The van der Waals surface area contributed by atoms with Gasteiger partial charge in [-0.2, -0.15) is 0 Å². The van der Waals surface area contributed by atoms with E-state index in [2.05, 4.69) is 10.3 Å². The lowest BCUT2D eigenvalue weighted by atomic mass is 9.93. The van der Waals surface area contributed by atoms with E-state index in [9.17, 15) is 14.0 Å². The molecule has 0 saturated carbocycles. The number of hydrogen-bond donors (Lipinski definition) is 2. The molecule has 142 valence electrons. The molecule has 0 bridgehead atoms. The van der Waals surface area contributed by atoms with E-state index >= 15 is 0 Å². The van der Waals surface area contributed by atoms with Crippen molar-refractivity contribution < 1.29 is 18.7 Å². The van der Waals surface area contributed by atoms with Crippen LogP contribution in [0.5, 0.6) is 0 Å². The van der Waals surface area contributed by atoms with Gasteiger partial charge in [-0.25, -0.2) is 4.39 Å². The number of carbonyl (C=O) groups is 2. The van der Waals surface area contributed by atoms with Crippen LogP contribution in [0.1, 0.15) is 69.4 Å². The molecule has 1 aliphatic carbocycles. The highest BCUT2D eigenvalue weighted by Crippen LogP contribution is 2.30. The minimum atomic E-state index is -0.365. The van der Waals surface area contributed by atoms with Gasteiger partial charge in [0.1, 0.15) is 11.5 Å². The summed E-state index contributed by atoms with van der Waals surface area (Å²) in [5.74, 6) is -0.486. The number of benzene rings is 1. The van der Waals surface area contributed by atoms with Gasteiger partial charge in [-0.1, -0.05) is 12.1 Å². The number of aromatic nitrogens is 1. The van der Waals surface area contributed by atoms with Crippen LogP contribution in [0.4, 0.5) is 4.39 Å². The van der Waals surface area contributed by atoms with Gasteiger partial charge in [-0.3, -0.25) is 9.59 Å². The Kier molecular flexibility index (Phi) is 4.83. The number of hydrogen-bond acceptors (Lipinski definition) is 3. The van der Waals surface area contributed by atoms with E-state index in [1.165, 1.54) is 12.1 Å². The Labute approximate surface area is 157 Å². The molecule has 0 spiro atoms. The fraction of sp³-hybridized carbons (Fsp3) is 0.429. The maximum atomic E-state index is 13.3. The van der Waals surface area contributed by atoms with E-state index in [0.29, 0.717) is 29.8 Å². The van der Waals surface area contributed by atoms with Crippen molar-refractivity contribution in [2.24, 2.45) is 0 Å². The van der Waals surface area contributed by atoms with Crippen LogP contribution >= 0.6 is 0 Å². The number of nitrogens with one attached hydrogen (secondary N) is 2. The van der Waals surface area contributed by atoms with Gasteiger partial charge in [0.2, 0.25) is 0 Å². The predicted octanol–water partition coefficient (Wildman–Crippen LogP) is 3.63. The summed E-state index contributed by atoms with van der Waals surface area (Å²) in [4.78, 5) is 28.4. The van der Waals surface area contributed by atoms with Crippen molar-refractivity contribution in [1.29, 1.82) is 0 Å². The highest BCUT2D eigenvalue weighted by atomic mass is 19.1. The van der Waals surface area contributed by atoms with E-state index in [4.69, 9.17) is 4.74 Å². The molecule has 4 rings (SSSR count). The molecule has 2 N–H and O–H groups in total. The number of ether oxygens (including phenoxy) is 1. The minimum Gasteiger partial charge on any atom is -0.376 e. The predicted molar refractivity (Wildman–Crippen MR) is 98.4 cm³/mol. The molecular formula is C21H23FN2O3. The molecule has 1 saturated heterocycles. The quantitative estimate of drug-likeness (QED) is 0.863. The zero-order valence-corrected chi connectivity index (χ0v) is 15.3. The third-order valence-corrected chi connectivity index (χ3v) is 5.52. The summed E-state index contributed by atoms with van der Waals surface area (Å²) in [5, 5.41) is 3.05. The molecule has 1 aliphatic heterocycles. The molecule has 2 atom stereocenters. The molecule has 2 heterocycles. The molecule has 1 amide bonds. The van der Waals surface area contributed by atoms with Crippen LogP contribution in [0.3, 0.4) is 0 Å². The smallest absolute Gasteiger partial charge is 0.268 e. The third kappa shape index (κ3) is 3.41. The van der Waals surface area contributed by atoms with Gasteiger partial charge in [0.05, 0.1) is 12.1 Å². The van der Waals surface area contributed by atoms with Crippen LogP contribution in [-0.4, -0.2) is 29.4 Å². The van der Waals surface area contributed by atoms with Crippen molar-refractivity contribution in [3.63, 3.8) is 0 Å². The topological polar surface area (TPSA) is 71.2 Å². The average molecular weight is 370 g/mol. The molecule has 1 fully saturated rings. The van der Waals surface area contributed by atoms with Crippen LogP contribution in [0.2, 0.25) is 0 Å². The Morgan fingerprint density at radius 1 is 1.26 bits per heavy atom. The molecule has 0 radical (unpaired) electrons. The lowest BCUT2D eigenvalue weighted by molar-refractivity contribution is 0.0669. The summed E-state index contributed by atoms with van der Waals surface area (Å²) in [6.45, 7) is 2.47. The van der Waals surface area contributed by atoms with E-state index < -0.39 is 0 Å². The van der Waals surface area contributed by atoms with Crippen LogP contribution in [0, 0.1) is 12.7 Å². The number of fused-ring (bicyclic) bond motifs is 1.